The van der Waals surface area contributed by atoms with Gasteiger partial charge in [-0.05, 0) is 30.5 Å². The summed E-state index contributed by atoms with van der Waals surface area (Å²) in [6, 6.07) is 6.06. The van der Waals surface area contributed by atoms with E-state index in [2.05, 4.69) is 11.9 Å². The normalized spacial score (nSPS) is 16.0. The van der Waals surface area contributed by atoms with E-state index in [1.165, 1.54) is 12.1 Å². The lowest BCUT2D eigenvalue weighted by Gasteiger charge is -2.27. The van der Waals surface area contributed by atoms with Crippen LogP contribution in [-0.4, -0.2) is 25.0 Å². The van der Waals surface area contributed by atoms with Crippen LogP contribution in [0.5, 0.6) is 0 Å². The Labute approximate surface area is 129 Å². The summed E-state index contributed by atoms with van der Waals surface area (Å²) in [4.78, 5) is 24.0. The third-order valence-corrected chi connectivity index (χ3v) is 4.00. The second kappa shape index (κ2) is 7.20. The predicted octanol–water partition coefficient (Wildman–Crippen LogP) is 2.48. The van der Waals surface area contributed by atoms with Crippen LogP contribution in [0, 0.1) is 5.82 Å². The zero-order valence-corrected chi connectivity index (χ0v) is 12.4. The molecule has 0 saturated heterocycles. The lowest BCUT2D eigenvalue weighted by molar-refractivity contribution is -0.154. The van der Waals surface area contributed by atoms with Crippen LogP contribution in [0.2, 0.25) is 0 Å². The molecule has 1 N–H and O–H groups in total. The van der Waals surface area contributed by atoms with Gasteiger partial charge in [-0.3, -0.25) is 9.59 Å². The summed E-state index contributed by atoms with van der Waals surface area (Å²) in [6.45, 7) is 3.49. The van der Waals surface area contributed by atoms with Crippen LogP contribution in [0.15, 0.2) is 36.9 Å². The molecule has 1 saturated carbocycles. The van der Waals surface area contributed by atoms with E-state index in [0.717, 1.165) is 12.8 Å². The number of esters is 1. The number of nitrogens with one attached hydrogen (secondary N) is 1. The third kappa shape index (κ3) is 3.53. The maximum absolute atomic E-state index is 13.5. The third-order valence-electron chi connectivity index (χ3n) is 4.00. The molecule has 1 aromatic rings. The first-order chi connectivity index (χ1) is 10.6. The molecular formula is C17H20FNO3. The molecule has 0 aromatic heterocycles. The van der Waals surface area contributed by atoms with E-state index < -0.39 is 11.4 Å². The van der Waals surface area contributed by atoms with Gasteiger partial charge in [0.15, 0.2) is 6.61 Å². The van der Waals surface area contributed by atoms with Gasteiger partial charge < -0.3 is 10.1 Å². The molecule has 4 nitrogen and oxygen atoms in total. The molecule has 1 aliphatic carbocycles. The van der Waals surface area contributed by atoms with E-state index in [1.54, 1.807) is 18.2 Å². The molecule has 22 heavy (non-hydrogen) atoms. The van der Waals surface area contributed by atoms with Crippen molar-refractivity contribution in [3.8, 4) is 0 Å². The molecule has 1 aliphatic rings. The van der Waals surface area contributed by atoms with Crippen LogP contribution in [0.3, 0.4) is 0 Å². The Bertz CT molecular complexity index is 565. The predicted molar refractivity (Wildman–Crippen MR) is 80.7 cm³/mol. The van der Waals surface area contributed by atoms with E-state index in [-0.39, 0.29) is 18.3 Å². The summed E-state index contributed by atoms with van der Waals surface area (Å²) in [5.41, 5.74) is -0.206. The SMILES string of the molecule is C=CCNC(=O)COC(=O)C1(c2cccc(F)c2)CCCC1. The summed E-state index contributed by atoms with van der Waals surface area (Å²) in [6.07, 6.45) is 4.54. The minimum Gasteiger partial charge on any atom is -0.455 e. The van der Waals surface area contributed by atoms with Crippen molar-refractivity contribution < 1.29 is 18.7 Å². The van der Waals surface area contributed by atoms with E-state index >= 15 is 0 Å². The number of hydrogen-bond donors (Lipinski definition) is 1. The minimum absolute atomic E-state index is 0.325. The highest BCUT2D eigenvalue weighted by Crippen LogP contribution is 2.42. The molecule has 0 spiro atoms. The summed E-state index contributed by atoms with van der Waals surface area (Å²) in [7, 11) is 0. The molecule has 0 bridgehead atoms. The summed E-state index contributed by atoms with van der Waals surface area (Å²) in [5.74, 6) is -1.20. The number of rotatable bonds is 6. The monoisotopic (exact) mass is 305 g/mol. The summed E-state index contributed by atoms with van der Waals surface area (Å²) >= 11 is 0. The lowest BCUT2D eigenvalue weighted by atomic mass is 9.79. The van der Waals surface area contributed by atoms with E-state index in [4.69, 9.17) is 4.74 Å². The lowest BCUT2D eigenvalue weighted by Crippen LogP contribution is -2.37. The first-order valence-corrected chi connectivity index (χ1v) is 7.39. The first kappa shape index (κ1) is 16.2. The van der Waals surface area contributed by atoms with Crippen molar-refractivity contribution in [2.24, 2.45) is 0 Å². The van der Waals surface area contributed by atoms with Crippen LogP contribution in [-0.2, 0) is 19.7 Å². The smallest absolute Gasteiger partial charge is 0.317 e. The van der Waals surface area contributed by atoms with Gasteiger partial charge in [0, 0.05) is 6.54 Å². The van der Waals surface area contributed by atoms with Crippen LogP contribution >= 0.6 is 0 Å². The van der Waals surface area contributed by atoms with Gasteiger partial charge in [0.05, 0.1) is 5.41 Å². The van der Waals surface area contributed by atoms with Crippen LogP contribution in [0.1, 0.15) is 31.2 Å². The van der Waals surface area contributed by atoms with Gasteiger partial charge in [-0.25, -0.2) is 4.39 Å². The first-order valence-electron chi connectivity index (χ1n) is 7.39. The van der Waals surface area contributed by atoms with Crippen molar-refractivity contribution in [2.45, 2.75) is 31.1 Å². The topological polar surface area (TPSA) is 55.4 Å². The number of ether oxygens (including phenoxy) is 1. The van der Waals surface area contributed by atoms with Gasteiger partial charge >= 0.3 is 5.97 Å². The van der Waals surface area contributed by atoms with Crippen molar-refractivity contribution in [1.82, 2.24) is 5.32 Å². The number of carbonyl (C=O) groups excluding carboxylic acids is 2. The number of benzene rings is 1. The fourth-order valence-electron chi connectivity index (χ4n) is 2.88. The summed E-state index contributed by atoms with van der Waals surface area (Å²) in [5, 5.41) is 2.55. The van der Waals surface area contributed by atoms with Crippen molar-refractivity contribution >= 4 is 11.9 Å². The molecule has 0 unspecified atom stereocenters. The average molecular weight is 305 g/mol. The number of carbonyl (C=O) groups is 2. The van der Waals surface area contributed by atoms with Crippen LogP contribution in [0.25, 0.3) is 0 Å². The van der Waals surface area contributed by atoms with Crippen molar-refractivity contribution in [3.63, 3.8) is 0 Å². The fraction of sp³-hybridized carbons (Fsp3) is 0.412. The zero-order valence-electron chi connectivity index (χ0n) is 12.4. The van der Waals surface area contributed by atoms with Crippen LogP contribution < -0.4 is 5.32 Å². The Morgan fingerprint density at radius 2 is 2.09 bits per heavy atom. The Morgan fingerprint density at radius 3 is 2.73 bits per heavy atom. The van der Waals surface area contributed by atoms with Gasteiger partial charge in [-0.15, -0.1) is 6.58 Å². The van der Waals surface area contributed by atoms with E-state index in [0.29, 0.717) is 24.9 Å². The summed E-state index contributed by atoms with van der Waals surface area (Å²) < 4.78 is 18.7. The number of halogens is 1. The molecule has 5 heteroatoms. The molecule has 0 atom stereocenters. The second-order valence-electron chi connectivity index (χ2n) is 5.47. The number of hydrogen-bond acceptors (Lipinski definition) is 3. The molecule has 118 valence electrons. The maximum Gasteiger partial charge on any atom is 0.317 e. The molecule has 0 aliphatic heterocycles. The average Bonchev–Trinajstić information content (AvgIpc) is 3.01. The molecule has 0 radical (unpaired) electrons. The highest BCUT2D eigenvalue weighted by Gasteiger charge is 2.44. The van der Waals surface area contributed by atoms with Gasteiger partial charge in [-0.1, -0.05) is 31.1 Å². The second-order valence-corrected chi connectivity index (χ2v) is 5.47. The van der Waals surface area contributed by atoms with Crippen LogP contribution in [0.4, 0.5) is 4.39 Å². The minimum atomic E-state index is -0.833. The zero-order chi connectivity index (χ0) is 16.0. The van der Waals surface area contributed by atoms with Crippen molar-refractivity contribution in [2.75, 3.05) is 13.2 Å². The maximum atomic E-state index is 13.5. The molecule has 1 amide bonds. The largest absolute Gasteiger partial charge is 0.455 e. The molecule has 0 heterocycles. The van der Waals surface area contributed by atoms with Gasteiger partial charge in [0.1, 0.15) is 5.82 Å². The van der Waals surface area contributed by atoms with Gasteiger partial charge in [0.25, 0.3) is 5.91 Å². The Hall–Kier alpha value is -2.17. The Morgan fingerprint density at radius 1 is 1.36 bits per heavy atom. The van der Waals surface area contributed by atoms with Gasteiger partial charge in [-0.2, -0.15) is 0 Å². The highest BCUT2D eigenvalue weighted by atomic mass is 19.1. The highest BCUT2D eigenvalue weighted by molar-refractivity contribution is 5.86. The van der Waals surface area contributed by atoms with Crippen molar-refractivity contribution in [3.05, 3.63) is 48.3 Å². The Balaban J connectivity index is 2.09. The quantitative estimate of drug-likeness (QED) is 0.649. The van der Waals surface area contributed by atoms with Crippen molar-refractivity contribution in [1.29, 1.82) is 0 Å². The fourth-order valence-corrected chi connectivity index (χ4v) is 2.88. The molecule has 1 fully saturated rings. The Kier molecular flexibility index (Phi) is 5.31. The standard InChI is InChI=1S/C17H20FNO3/c1-2-10-19-15(20)12-22-16(21)17(8-3-4-9-17)13-6-5-7-14(18)11-13/h2,5-7,11H,1,3-4,8-10,12H2,(H,19,20). The molecular weight excluding hydrogens is 285 g/mol. The number of amides is 1. The van der Waals surface area contributed by atoms with E-state index in [1.807, 2.05) is 0 Å². The van der Waals surface area contributed by atoms with E-state index in [9.17, 15) is 14.0 Å². The van der Waals surface area contributed by atoms with Gasteiger partial charge in [0.2, 0.25) is 0 Å². The molecule has 2 rings (SSSR count). The molecule has 1 aromatic carbocycles.